The van der Waals surface area contributed by atoms with Crippen LogP contribution in [0.2, 0.25) is 5.02 Å². The van der Waals surface area contributed by atoms with Crippen LogP contribution in [0.1, 0.15) is 29.4 Å². The summed E-state index contributed by atoms with van der Waals surface area (Å²) in [7, 11) is 0. The van der Waals surface area contributed by atoms with Crippen molar-refractivity contribution in [2.45, 2.75) is 27.0 Å². The molecule has 1 aromatic carbocycles. The van der Waals surface area contributed by atoms with Crippen molar-refractivity contribution < 1.29 is 14.4 Å². The van der Waals surface area contributed by atoms with Crippen molar-refractivity contribution in [2.75, 3.05) is 13.2 Å². The number of amides is 1. The second-order valence-corrected chi connectivity index (χ2v) is 6.47. The number of aryl methyl sites for hydroxylation is 1. The highest BCUT2D eigenvalue weighted by atomic mass is 35.5. The normalized spacial score (nSPS) is 14.5. The SMILES string of the molecule is CC(=NOCc1cccc(C)n1)c1ccc(Cl)c(CN2CCOC2=O)c1. The van der Waals surface area contributed by atoms with Crippen molar-refractivity contribution in [3.05, 3.63) is 63.9 Å². The minimum Gasteiger partial charge on any atom is -0.448 e. The van der Waals surface area contributed by atoms with Crippen molar-refractivity contribution in [1.82, 2.24) is 9.88 Å². The third-order valence-corrected chi connectivity index (χ3v) is 4.40. The Kier molecular flexibility index (Phi) is 5.73. The first kappa shape index (κ1) is 18.2. The zero-order valence-electron chi connectivity index (χ0n) is 14.7. The van der Waals surface area contributed by atoms with E-state index >= 15 is 0 Å². The number of pyridine rings is 1. The maximum atomic E-state index is 11.6. The van der Waals surface area contributed by atoms with Gasteiger partial charge in [-0.15, -0.1) is 0 Å². The number of benzene rings is 1. The van der Waals surface area contributed by atoms with Crippen LogP contribution in [0.25, 0.3) is 0 Å². The second-order valence-electron chi connectivity index (χ2n) is 6.06. The van der Waals surface area contributed by atoms with Gasteiger partial charge < -0.3 is 14.5 Å². The van der Waals surface area contributed by atoms with Crippen LogP contribution in [0, 0.1) is 6.92 Å². The standard InChI is InChI=1S/C19H20ClN3O3/c1-13-4-3-5-17(21-13)12-26-22-14(2)15-6-7-18(20)16(10-15)11-23-8-9-25-19(23)24/h3-7,10H,8-9,11-12H2,1-2H3. The molecule has 26 heavy (non-hydrogen) atoms. The van der Waals surface area contributed by atoms with Gasteiger partial charge in [0.2, 0.25) is 0 Å². The summed E-state index contributed by atoms with van der Waals surface area (Å²) in [5.74, 6) is 0. The molecular formula is C19H20ClN3O3. The quantitative estimate of drug-likeness (QED) is 0.568. The Morgan fingerprint density at radius 1 is 1.38 bits per heavy atom. The Bertz CT molecular complexity index is 839. The zero-order valence-corrected chi connectivity index (χ0v) is 15.5. The molecule has 0 atom stereocenters. The van der Waals surface area contributed by atoms with Gasteiger partial charge in [0, 0.05) is 10.7 Å². The molecule has 2 aromatic rings. The Balaban J connectivity index is 1.67. The van der Waals surface area contributed by atoms with E-state index in [1.165, 1.54) is 0 Å². The van der Waals surface area contributed by atoms with Crippen LogP contribution in [0.15, 0.2) is 41.6 Å². The molecule has 1 fully saturated rings. The van der Waals surface area contributed by atoms with Gasteiger partial charge in [0.15, 0.2) is 6.61 Å². The molecule has 1 aromatic heterocycles. The molecule has 1 aliphatic rings. The number of carbonyl (C=O) groups excluding carboxylic acids is 1. The largest absolute Gasteiger partial charge is 0.448 e. The molecule has 3 rings (SSSR count). The van der Waals surface area contributed by atoms with E-state index < -0.39 is 0 Å². The molecule has 1 amide bonds. The van der Waals surface area contributed by atoms with Crippen LogP contribution >= 0.6 is 11.6 Å². The van der Waals surface area contributed by atoms with Crippen molar-refractivity contribution in [2.24, 2.45) is 5.16 Å². The van der Waals surface area contributed by atoms with Gasteiger partial charge in [-0.1, -0.05) is 28.9 Å². The Labute approximate surface area is 157 Å². The van der Waals surface area contributed by atoms with E-state index in [0.717, 1.165) is 28.2 Å². The van der Waals surface area contributed by atoms with E-state index in [0.29, 0.717) is 31.3 Å². The van der Waals surface area contributed by atoms with Gasteiger partial charge in [-0.25, -0.2) is 4.79 Å². The smallest absolute Gasteiger partial charge is 0.410 e. The number of carbonyl (C=O) groups is 1. The van der Waals surface area contributed by atoms with Gasteiger partial charge in [-0.05, 0) is 49.2 Å². The summed E-state index contributed by atoms with van der Waals surface area (Å²) in [6.07, 6.45) is -0.314. The van der Waals surface area contributed by atoms with E-state index in [-0.39, 0.29) is 6.09 Å². The van der Waals surface area contributed by atoms with Gasteiger partial charge in [-0.3, -0.25) is 4.98 Å². The Hall–Kier alpha value is -2.60. The summed E-state index contributed by atoms with van der Waals surface area (Å²) in [6.45, 7) is 5.49. The first-order valence-electron chi connectivity index (χ1n) is 8.32. The van der Waals surface area contributed by atoms with Crippen LogP contribution in [-0.2, 0) is 22.7 Å². The highest BCUT2D eigenvalue weighted by Crippen LogP contribution is 2.21. The Morgan fingerprint density at radius 2 is 2.23 bits per heavy atom. The number of nitrogens with zero attached hydrogens (tertiary/aromatic N) is 3. The average Bonchev–Trinajstić information content (AvgIpc) is 3.01. The minimum absolute atomic E-state index is 0.305. The maximum absolute atomic E-state index is 11.6. The monoisotopic (exact) mass is 373 g/mol. The van der Waals surface area contributed by atoms with Crippen LogP contribution in [0.5, 0.6) is 0 Å². The molecule has 0 unspecified atom stereocenters. The van der Waals surface area contributed by atoms with E-state index in [1.54, 1.807) is 11.0 Å². The van der Waals surface area contributed by atoms with Gasteiger partial charge in [-0.2, -0.15) is 0 Å². The van der Waals surface area contributed by atoms with E-state index in [4.69, 9.17) is 21.2 Å². The number of aromatic nitrogens is 1. The predicted molar refractivity (Wildman–Crippen MR) is 99.2 cm³/mol. The van der Waals surface area contributed by atoms with Crippen LogP contribution < -0.4 is 0 Å². The third-order valence-electron chi connectivity index (χ3n) is 4.03. The molecule has 0 radical (unpaired) electrons. The summed E-state index contributed by atoms with van der Waals surface area (Å²) in [5.41, 5.74) is 4.21. The molecule has 0 saturated carbocycles. The molecule has 2 heterocycles. The molecule has 6 nitrogen and oxygen atoms in total. The molecule has 0 spiro atoms. The topological polar surface area (TPSA) is 64.0 Å². The number of rotatable bonds is 6. The minimum atomic E-state index is -0.314. The molecule has 1 aliphatic heterocycles. The van der Waals surface area contributed by atoms with Gasteiger partial charge >= 0.3 is 6.09 Å². The fourth-order valence-electron chi connectivity index (χ4n) is 2.62. The highest BCUT2D eigenvalue weighted by molar-refractivity contribution is 6.31. The molecule has 0 N–H and O–H groups in total. The maximum Gasteiger partial charge on any atom is 0.410 e. The summed E-state index contributed by atoms with van der Waals surface area (Å²) in [4.78, 5) is 23.0. The number of hydrogen-bond donors (Lipinski definition) is 0. The van der Waals surface area contributed by atoms with E-state index in [2.05, 4.69) is 10.1 Å². The fourth-order valence-corrected chi connectivity index (χ4v) is 2.80. The van der Waals surface area contributed by atoms with Crippen LogP contribution in [0.4, 0.5) is 4.79 Å². The second kappa shape index (κ2) is 8.19. The Morgan fingerprint density at radius 3 is 2.96 bits per heavy atom. The molecule has 1 saturated heterocycles. The number of halogens is 1. The fraction of sp³-hybridized carbons (Fsp3) is 0.316. The third kappa shape index (κ3) is 4.52. The van der Waals surface area contributed by atoms with Crippen molar-refractivity contribution in [3.8, 4) is 0 Å². The first-order chi connectivity index (χ1) is 12.5. The first-order valence-corrected chi connectivity index (χ1v) is 8.70. The summed E-state index contributed by atoms with van der Waals surface area (Å²) >= 11 is 6.27. The molecule has 136 valence electrons. The molecule has 7 heteroatoms. The van der Waals surface area contributed by atoms with Crippen molar-refractivity contribution in [3.63, 3.8) is 0 Å². The number of ether oxygens (including phenoxy) is 1. The summed E-state index contributed by atoms with van der Waals surface area (Å²) in [5, 5.41) is 4.77. The molecular weight excluding hydrogens is 354 g/mol. The highest BCUT2D eigenvalue weighted by Gasteiger charge is 2.22. The van der Waals surface area contributed by atoms with Crippen LogP contribution in [0.3, 0.4) is 0 Å². The zero-order chi connectivity index (χ0) is 18.5. The predicted octanol–water partition coefficient (Wildman–Crippen LogP) is 3.94. The molecule has 0 aliphatic carbocycles. The lowest BCUT2D eigenvalue weighted by Gasteiger charge is -2.14. The lowest BCUT2D eigenvalue weighted by molar-refractivity contribution is 0.127. The van der Waals surface area contributed by atoms with Crippen LogP contribution in [-0.4, -0.2) is 34.8 Å². The van der Waals surface area contributed by atoms with Gasteiger partial charge in [0.05, 0.1) is 24.5 Å². The summed E-state index contributed by atoms with van der Waals surface area (Å²) in [6, 6.07) is 11.4. The average molecular weight is 374 g/mol. The molecule has 0 bridgehead atoms. The van der Waals surface area contributed by atoms with Crippen molar-refractivity contribution >= 4 is 23.4 Å². The number of hydrogen-bond acceptors (Lipinski definition) is 5. The number of oxime groups is 1. The lowest BCUT2D eigenvalue weighted by Crippen LogP contribution is -2.23. The number of cyclic esters (lactones) is 1. The van der Waals surface area contributed by atoms with Crippen molar-refractivity contribution in [1.29, 1.82) is 0 Å². The summed E-state index contributed by atoms with van der Waals surface area (Å²) < 4.78 is 4.95. The lowest BCUT2D eigenvalue weighted by atomic mass is 10.1. The van der Waals surface area contributed by atoms with E-state index in [1.807, 2.05) is 44.2 Å². The van der Waals surface area contributed by atoms with E-state index in [9.17, 15) is 4.79 Å². The van der Waals surface area contributed by atoms with Gasteiger partial charge in [0.25, 0.3) is 0 Å². The van der Waals surface area contributed by atoms with Gasteiger partial charge in [0.1, 0.15) is 6.61 Å².